The van der Waals surface area contributed by atoms with E-state index < -0.39 is 0 Å². The van der Waals surface area contributed by atoms with Crippen molar-refractivity contribution in [3.05, 3.63) is 35.0 Å². The molecule has 1 saturated heterocycles. The van der Waals surface area contributed by atoms with Crippen LogP contribution in [0.3, 0.4) is 0 Å². The number of ether oxygens (including phenoxy) is 2. The average Bonchev–Trinajstić information content (AvgIpc) is 3.43. The van der Waals surface area contributed by atoms with Crippen molar-refractivity contribution in [2.75, 3.05) is 37.5 Å². The summed E-state index contributed by atoms with van der Waals surface area (Å²) >= 11 is 1.83. The fourth-order valence-corrected chi connectivity index (χ4v) is 5.55. The summed E-state index contributed by atoms with van der Waals surface area (Å²) in [7, 11) is 3.37. The molecule has 0 saturated carbocycles. The minimum absolute atomic E-state index is 0.354. The van der Waals surface area contributed by atoms with Gasteiger partial charge in [0.2, 0.25) is 0 Å². The lowest BCUT2D eigenvalue weighted by atomic mass is 10.1. The number of fused-ring (bicyclic) bond motifs is 3. The van der Waals surface area contributed by atoms with Crippen molar-refractivity contribution in [3.63, 3.8) is 0 Å². The molecular formula is C21H24N4O2S. The maximum atomic E-state index is 5.42. The van der Waals surface area contributed by atoms with Crippen molar-refractivity contribution in [2.24, 2.45) is 0 Å². The van der Waals surface area contributed by atoms with Crippen molar-refractivity contribution >= 4 is 33.1 Å². The Morgan fingerprint density at radius 3 is 2.71 bits per heavy atom. The Hall–Kier alpha value is -2.54. The van der Waals surface area contributed by atoms with Gasteiger partial charge in [0.15, 0.2) is 0 Å². The number of anilines is 2. The van der Waals surface area contributed by atoms with Gasteiger partial charge in [-0.3, -0.25) is 0 Å². The first kappa shape index (κ1) is 17.6. The Bertz CT molecular complexity index is 997. The number of rotatable bonds is 5. The molecule has 28 heavy (non-hydrogen) atoms. The monoisotopic (exact) mass is 396 g/mol. The molecule has 1 atom stereocenters. The number of aryl methyl sites for hydroxylation is 2. The standard InChI is InChI=1S/C21H24N4O2S/c1-26-15-8-14(9-16(10-15)27-2)25-7-6-13(11-25)24-20-19-17-4-3-5-18(17)28-21(19)23-12-22-20/h8-10,12-13H,3-7,11H2,1-2H3,(H,22,23,24). The molecule has 5 rings (SSSR count). The van der Waals surface area contributed by atoms with Gasteiger partial charge in [0.25, 0.3) is 0 Å². The highest BCUT2D eigenvalue weighted by Crippen LogP contribution is 2.39. The predicted octanol–water partition coefficient (Wildman–Crippen LogP) is 3.89. The Labute approximate surface area is 168 Å². The van der Waals surface area contributed by atoms with Crippen molar-refractivity contribution in [2.45, 2.75) is 31.7 Å². The lowest BCUT2D eigenvalue weighted by Crippen LogP contribution is -2.26. The fourth-order valence-electron chi connectivity index (χ4n) is 4.32. The summed E-state index contributed by atoms with van der Waals surface area (Å²) in [5, 5.41) is 4.96. The molecule has 0 amide bonds. The van der Waals surface area contributed by atoms with Crippen LogP contribution in [-0.4, -0.2) is 43.3 Å². The highest BCUT2D eigenvalue weighted by Gasteiger charge is 2.26. The zero-order valence-corrected chi connectivity index (χ0v) is 17.0. The number of nitrogens with one attached hydrogen (secondary N) is 1. The van der Waals surface area contributed by atoms with Crippen molar-refractivity contribution in [3.8, 4) is 11.5 Å². The van der Waals surface area contributed by atoms with Crippen LogP contribution in [0.4, 0.5) is 11.5 Å². The third-order valence-electron chi connectivity index (χ3n) is 5.73. The summed E-state index contributed by atoms with van der Waals surface area (Å²) in [6.07, 6.45) is 6.34. The van der Waals surface area contributed by atoms with Crippen LogP contribution in [0.5, 0.6) is 11.5 Å². The normalized spacial score (nSPS) is 18.5. The van der Waals surface area contributed by atoms with E-state index in [0.29, 0.717) is 6.04 Å². The molecule has 3 aromatic rings. The summed E-state index contributed by atoms with van der Waals surface area (Å²) in [6, 6.07) is 6.40. The van der Waals surface area contributed by atoms with Crippen LogP contribution < -0.4 is 19.7 Å². The van der Waals surface area contributed by atoms with Gasteiger partial charge in [0.1, 0.15) is 28.5 Å². The van der Waals surface area contributed by atoms with E-state index in [2.05, 4.69) is 32.3 Å². The van der Waals surface area contributed by atoms with E-state index in [9.17, 15) is 0 Å². The topological polar surface area (TPSA) is 59.5 Å². The number of methoxy groups -OCH3 is 2. The van der Waals surface area contributed by atoms with E-state index in [1.165, 1.54) is 28.7 Å². The molecule has 2 aromatic heterocycles. The molecule has 1 N–H and O–H groups in total. The second-order valence-electron chi connectivity index (χ2n) is 7.41. The van der Waals surface area contributed by atoms with Crippen LogP contribution in [0.1, 0.15) is 23.3 Å². The lowest BCUT2D eigenvalue weighted by molar-refractivity contribution is 0.394. The first-order valence-corrected chi connectivity index (χ1v) is 10.6. The summed E-state index contributed by atoms with van der Waals surface area (Å²) in [5.74, 6) is 2.63. The predicted molar refractivity (Wildman–Crippen MR) is 113 cm³/mol. The van der Waals surface area contributed by atoms with Crippen LogP contribution in [0.2, 0.25) is 0 Å². The number of hydrogen-bond acceptors (Lipinski definition) is 7. The summed E-state index contributed by atoms with van der Waals surface area (Å²) in [5.41, 5.74) is 2.60. The van der Waals surface area contributed by atoms with Crippen molar-refractivity contribution in [1.29, 1.82) is 0 Å². The Morgan fingerprint density at radius 2 is 1.93 bits per heavy atom. The zero-order chi connectivity index (χ0) is 19.1. The average molecular weight is 397 g/mol. The van der Waals surface area contributed by atoms with Crippen LogP contribution in [0, 0.1) is 0 Å². The first-order chi connectivity index (χ1) is 13.7. The molecular weight excluding hydrogens is 372 g/mol. The highest BCUT2D eigenvalue weighted by atomic mass is 32.1. The number of aromatic nitrogens is 2. The third kappa shape index (κ3) is 3.03. The van der Waals surface area contributed by atoms with Crippen molar-refractivity contribution in [1.82, 2.24) is 9.97 Å². The van der Waals surface area contributed by atoms with Gasteiger partial charge in [-0.15, -0.1) is 11.3 Å². The third-order valence-corrected chi connectivity index (χ3v) is 6.93. The van der Waals surface area contributed by atoms with E-state index in [0.717, 1.165) is 53.8 Å². The molecule has 0 spiro atoms. The molecule has 1 unspecified atom stereocenters. The Kier molecular flexibility index (Phi) is 4.47. The fraction of sp³-hybridized carbons (Fsp3) is 0.429. The molecule has 6 nitrogen and oxygen atoms in total. The first-order valence-electron chi connectivity index (χ1n) is 9.75. The van der Waals surface area contributed by atoms with Gasteiger partial charge >= 0.3 is 0 Å². The summed E-state index contributed by atoms with van der Waals surface area (Å²) in [4.78, 5) is 14.1. The number of benzene rings is 1. The van der Waals surface area contributed by atoms with E-state index in [-0.39, 0.29) is 0 Å². The van der Waals surface area contributed by atoms with Crippen LogP contribution in [-0.2, 0) is 12.8 Å². The van der Waals surface area contributed by atoms with Crippen LogP contribution >= 0.6 is 11.3 Å². The van der Waals surface area contributed by atoms with Gasteiger partial charge in [-0.25, -0.2) is 9.97 Å². The Balaban J connectivity index is 1.37. The second kappa shape index (κ2) is 7.13. The molecule has 1 aliphatic heterocycles. The number of nitrogens with zero attached hydrogens (tertiary/aromatic N) is 3. The van der Waals surface area contributed by atoms with Gasteiger partial charge in [0.05, 0.1) is 19.6 Å². The molecule has 0 bridgehead atoms. The van der Waals surface area contributed by atoms with Gasteiger partial charge in [0, 0.05) is 47.9 Å². The van der Waals surface area contributed by atoms with Gasteiger partial charge < -0.3 is 19.7 Å². The highest BCUT2D eigenvalue weighted by molar-refractivity contribution is 7.19. The molecule has 0 radical (unpaired) electrons. The molecule has 7 heteroatoms. The van der Waals surface area contributed by atoms with E-state index in [1.807, 2.05) is 17.4 Å². The molecule has 3 heterocycles. The molecule has 1 aliphatic carbocycles. The van der Waals surface area contributed by atoms with E-state index >= 15 is 0 Å². The summed E-state index contributed by atoms with van der Waals surface area (Å²) < 4.78 is 10.8. The molecule has 2 aliphatic rings. The summed E-state index contributed by atoms with van der Waals surface area (Å²) in [6.45, 7) is 1.91. The smallest absolute Gasteiger partial charge is 0.138 e. The van der Waals surface area contributed by atoms with E-state index in [1.54, 1.807) is 20.5 Å². The molecule has 1 aromatic carbocycles. The number of hydrogen-bond donors (Lipinski definition) is 1. The largest absolute Gasteiger partial charge is 0.497 e. The minimum atomic E-state index is 0.354. The Morgan fingerprint density at radius 1 is 1.11 bits per heavy atom. The van der Waals surface area contributed by atoms with E-state index in [4.69, 9.17) is 9.47 Å². The maximum Gasteiger partial charge on any atom is 0.138 e. The zero-order valence-electron chi connectivity index (χ0n) is 16.2. The number of thiophene rings is 1. The quantitative estimate of drug-likeness (QED) is 0.706. The molecule has 1 fully saturated rings. The van der Waals surface area contributed by atoms with Gasteiger partial charge in [-0.1, -0.05) is 0 Å². The van der Waals surface area contributed by atoms with Crippen LogP contribution in [0.25, 0.3) is 10.2 Å². The SMILES string of the molecule is COc1cc(OC)cc(N2CCC(Nc3ncnc4sc5c(c34)CCC5)C2)c1. The van der Waals surface area contributed by atoms with Crippen molar-refractivity contribution < 1.29 is 9.47 Å². The van der Waals surface area contributed by atoms with Gasteiger partial charge in [-0.05, 0) is 31.2 Å². The lowest BCUT2D eigenvalue weighted by Gasteiger charge is -2.21. The minimum Gasteiger partial charge on any atom is -0.497 e. The maximum absolute atomic E-state index is 5.42. The second-order valence-corrected chi connectivity index (χ2v) is 8.49. The van der Waals surface area contributed by atoms with Gasteiger partial charge in [-0.2, -0.15) is 0 Å². The van der Waals surface area contributed by atoms with Crippen LogP contribution in [0.15, 0.2) is 24.5 Å². The molecule has 146 valence electrons.